The Morgan fingerprint density at radius 2 is 1.85 bits per heavy atom. The van der Waals surface area contributed by atoms with Crippen molar-refractivity contribution in [1.29, 1.82) is 0 Å². The van der Waals surface area contributed by atoms with Gasteiger partial charge in [0.25, 0.3) is 0 Å². The maximum Gasteiger partial charge on any atom is 0.147 e. The second-order valence-electron chi connectivity index (χ2n) is 3.25. The molecular formula is C9H12BrN3. The zero-order valence-corrected chi connectivity index (χ0v) is 9.00. The smallest absolute Gasteiger partial charge is 0.147 e. The Morgan fingerprint density at radius 1 is 1.08 bits per heavy atom. The molecule has 0 atom stereocenters. The van der Waals surface area contributed by atoms with Gasteiger partial charge in [-0.15, -0.1) is 0 Å². The molecule has 0 N–H and O–H groups in total. The van der Waals surface area contributed by atoms with Gasteiger partial charge < -0.3 is 4.90 Å². The van der Waals surface area contributed by atoms with Gasteiger partial charge in [0.05, 0.1) is 12.4 Å². The quantitative estimate of drug-likeness (QED) is 0.756. The van der Waals surface area contributed by atoms with E-state index in [1.807, 2.05) is 6.20 Å². The van der Waals surface area contributed by atoms with E-state index in [0.29, 0.717) is 0 Å². The molecule has 1 fully saturated rings. The average Bonchev–Trinajstić information content (AvgIpc) is 2.20. The number of hydrogen-bond acceptors (Lipinski definition) is 3. The maximum absolute atomic E-state index is 4.32. The molecule has 0 amide bonds. The summed E-state index contributed by atoms with van der Waals surface area (Å²) in [7, 11) is 0. The van der Waals surface area contributed by atoms with Crippen LogP contribution in [-0.2, 0) is 0 Å². The fourth-order valence-corrected chi connectivity index (χ4v) is 1.80. The summed E-state index contributed by atoms with van der Waals surface area (Å²) < 4.78 is 0.799. The predicted molar refractivity (Wildman–Crippen MR) is 55.8 cm³/mol. The lowest BCUT2D eigenvalue weighted by atomic mass is 10.1. The third kappa shape index (κ3) is 2.18. The Morgan fingerprint density at radius 3 is 2.46 bits per heavy atom. The monoisotopic (exact) mass is 241 g/mol. The predicted octanol–water partition coefficient (Wildman–Crippen LogP) is 2.23. The summed E-state index contributed by atoms with van der Waals surface area (Å²) in [6, 6.07) is 0. The van der Waals surface area contributed by atoms with E-state index < -0.39 is 0 Å². The van der Waals surface area contributed by atoms with Gasteiger partial charge in [-0.05, 0) is 35.2 Å². The van der Waals surface area contributed by atoms with Crippen LogP contribution in [0.1, 0.15) is 19.3 Å². The van der Waals surface area contributed by atoms with Gasteiger partial charge in [-0.1, -0.05) is 0 Å². The number of anilines is 1. The summed E-state index contributed by atoms with van der Waals surface area (Å²) in [6.07, 6.45) is 7.48. The molecule has 70 valence electrons. The standard InChI is InChI=1S/C9H12BrN3/c10-8-6-12-9(7-11-8)13-4-2-1-3-5-13/h6-7H,1-5H2. The second kappa shape index (κ2) is 4.05. The van der Waals surface area contributed by atoms with Crippen LogP contribution < -0.4 is 4.90 Å². The van der Waals surface area contributed by atoms with Gasteiger partial charge in [-0.2, -0.15) is 0 Å². The molecule has 1 aliphatic heterocycles. The first-order chi connectivity index (χ1) is 6.36. The van der Waals surface area contributed by atoms with Gasteiger partial charge >= 0.3 is 0 Å². The van der Waals surface area contributed by atoms with Crippen LogP contribution in [-0.4, -0.2) is 23.1 Å². The van der Waals surface area contributed by atoms with E-state index in [2.05, 4.69) is 30.8 Å². The molecule has 2 rings (SSSR count). The van der Waals surface area contributed by atoms with Crippen molar-refractivity contribution in [3.63, 3.8) is 0 Å². The Bertz CT molecular complexity index is 267. The molecule has 0 radical (unpaired) electrons. The molecule has 0 saturated carbocycles. The highest BCUT2D eigenvalue weighted by Crippen LogP contribution is 2.16. The highest BCUT2D eigenvalue weighted by atomic mass is 79.9. The zero-order valence-electron chi connectivity index (χ0n) is 7.41. The molecule has 1 saturated heterocycles. The van der Waals surface area contributed by atoms with E-state index in [9.17, 15) is 0 Å². The number of nitrogens with zero attached hydrogens (tertiary/aromatic N) is 3. The van der Waals surface area contributed by atoms with Crippen molar-refractivity contribution in [3.05, 3.63) is 17.0 Å². The first-order valence-electron chi connectivity index (χ1n) is 4.59. The van der Waals surface area contributed by atoms with Crippen LogP contribution in [0.25, 0.3) is 0 Å². The first kappa shape index (κ1) is 8.94. The molecule has 0 spiro atoms. The summed E-state index contributed by atoms with van der Waals surface area (Å²) in [5, 5.41) is 0. The molecule has 1 aromatic rings. The Hall–Kier alpha value is -0.640. The summed E-state index contributed by atoms with van der Waals surface area (Å²) >= 11 is 3.28. The third-order valence-corrected chi connectivity index (χ3v) is 2.70. The van der Waals surface area contributed by atoms with Crippen LogP contribution in [0.2, 0.25) is 0 Å². The molecule has 1 aliphatic rings. The minimum absolute atomic E-state index is 0.799. The van der Waals surface area contributed by atoms with Crippen molar-refractivity contribution in [2.75, 3.05) is 18.0 Å². The van der Waals surface area contributed by atoms with Crippen molar-refractivity contribution in [1.82, 2.24) is 9.97 Å². The fraction of sp³-hybridized carbons (Fsp3) is 0.556. The average molecular weight is 242 g/mol. The molecule has 2 heterocycles. The van der Waals surface area contributed by atoms with Gasteiger partial charge in [-0.3, -0.25) is 0 Å². The number of aromatic nitrogens is 2. The van der Waals surface area contributed by atoms with Crippen LogP contribution in [0.3, 0.4) is 0 Å². The van der Waals surface area contributed by atoms with Crippen molar-refractivity contribution in [2.45, 2.75) is 19.3 Å². The Labute approximate surface area is 86.3 Å². The number of hydrogen-bond donors (Lipinski definition) is 0. The number of piperidine rings is 1. The molecule has 0 bridgehead atoms. The van der Waals surface area contributed by atoms with E-state index in [1.54, 1.807) is 6.20 Å². The number of halogens is 1. The van der Waals surface area contributed by atoms with E-state index in [0.717, 1.165) is 23.5 Å². The second-order valence-corrected chi connectivity index (χ2v) is 4.06. The molecular weight excluding hydrogens is 230 g/mol. The highest BCUT2D eigenvalue weighted by molar-refractivity contribution is 9.10. The fourth-order valence-electron chi connectivity index (χ4n) is 1.59. The van der Waals surface area contributed by atoms with Gasteiger partial charge in [0.1, 0.15) is 10.4 Å². The lowest BCUT2D eigenvalue weighted by Crippen LogP contribution is -2.30. The van der Waals surface area contributed by atoms with Gasteiger partial charge in [0.15, 0.2) is 0 Å². The number of rotatable bonds is 1. The summed E-state index contributed by atoms with van der Waals surface area (Å²) in [5.74, 6) is 1.00. The minimum Gasteiger partial charge on any atom is -0.355 e. The van der Waals surface area contributed by atoms with Gasteiger partial charge in [0.2, 0.25) is 0 Å². The van der Waals surface area contributed by atoms with Gasteiger partial charge in [-0.25, -0.2) is 9.97 Å². The zero-order chi connectivity index (χ0) is 9.10. The molecule has 4 heteroatoms. The molecule has 13 heavy (non-hydrogen) atoms. The van der Waals surface area contributed by atoms with Crippen molar-refractivity contribution in [2.24, 2.45) is 0 Å². The Kier molecular flexibility index (Phi) is 2.78. The topological polar surface area (TPSA) is 29.0 Å². The molecule has 1 aromatic heterocycles. The SMILES string of the molecule is Brc1cnc(N2CCCCC2)cn1. The highest BCUT2D eigenvalue weighted by Gasteiger charge is 2.11. The molecule has 3 nitrogen and oxygen atoms in total. The van der Waals surface area contributed by atoms with Crippen LogP contribution in [0.5, 0.6) is 0 Å². The minimum atomic E-state index is 0.799. The molecule has 0 unspecified atom stereocenters. The summed E-state index contributed by atoms with van der Waals surface area (Å²) in [4.78, 5) is 10.8. The molecule has 0 aliphatic carbocycles. The molecule has 0 aromatic carbocycles. The van der Waals surface area contributed by atoms with Crippen molar-refractivity contribution < 1.29 is 0 Å². The van der Waals surface area contributed by atoms with Crippen LogP contribution in [0, 0.1) is 0 Å². The summed E-state index contributed by atoms with van der Waals surface area (Å²) in [5.41, 5.74) is 0. The van der Waals surface area contributed by atoms with Gasteiger partial charge in [0, 0.05) is 13.1 Å². The van der Waals surface area contributed by atoms with E-state index >= 15 is 0 Å². The largest absolute Gasteiger partial charge is 0.355 e. The lowest BCUT2D eigenvalue weighted by Gasteiger charge is -2.27. The van der Waals surface area contributed by atoms with Crippen molar-refractivity contribution in [3.8, 4) is 0 Å². The van der Waals surface area contributed by atoms with E-state index in [1.165, 1.54) is 19.3 Å². The third-order valence-electron chi connectivity index (χ3n) is 2.29. The lowest BCUT2D eigenvalue weighted by molar-refractivity contribution is 0.572. The van der Waals surface area contributed by atoms with E-state index in [-0.39, 0.29) is 0 Å². The maximum atomic E-state index is 4.32. The van der Waals surface area contributed by atoms with Crippen LogP contribution in [0.4, 0.5) is 5.82 Å². The van der Waals surface area contributed by atoms with Crippen molar-refractivity contribution >= 4 is 21.7 Å². The van der Waals surface area contributed by atoms with E-state index in [4.69, 9.17) is 0 Å². The van der Waals surface area contributed by atoms with Crippen LogP contribution in [0.15, 0.2) is 17.0 Å². The Balaban J connectivity index is 2.10. The summed E-state index contributed by atoms with van der Waals surface area (Å²) in [6.45, 7) is 2.24. The first-order valence-corrected chi connectivity index (χ1v) is 5.38. The normalized spacial score (nSPS) is 17.5. The van der Waals surface area contributed by atoms with Crippen LogP contribution >= 0.6 is 15.9 Å².